The van der Waals surface area contributed by atoms with Gasteiger partial charge in [0.2, 0.25) is 5.91 Å². The number of hydrogen-bond donors (Lipinski definition) is 2. The number of amides is 3. The van der Waals surface area contributed by atoms with Crippen LogP contribution in [0, 0.1) is 12.7 Å². The molecular formula is C30H32FN3O6. The molecule has 2 N–H and O–H groups in total. The molecule has 3 aromatic rings. The van der Waals surface area contributed by atoms with Crippen LogP contribution in [0.1, 0.15) is 34.3 Å². The Labute approximate surface area is 232 Å². The van der Waals surface area contributed by atoms with Crippen LogP contribution in [-0.4, -0.2) is 56.2 Å². The molecule has 1 fully saturated rings. The van der Waals surface area contributed by atoms with E-state index in [2.05, 4.69) is 15.4 Å². The van der Waals surface area contributed by atoms with Gasteiger partial charge in [-0.25, -0.2) is 14.0 Å². The first-order valence-corrected chi connectivity index (χ1v) is 12.9. The van der Waals surface area contributed by atoms with E-state index in [0.29, 0.717) is 23.7 Å². The molecule has 210 valence electrons. The molecule has 3 aromatic carbocycles. The first-order valence-electron chi connectivity index (χ1n) is 12.9. The minimum absolute atomic E-state index is 0.00578. The van der Waals surface area contributed by atoms with Gasteiger partial charge in [-0.2, -0.15) is 0 Å². The smallest absolute Gasteiger partial charge is 0.337 e. The molecule has 1 atom stereocenters. The van der Waals surface area contributed by atoms with Crippen LogP contribution < -0.4 is 20.1 Å². The van der Waals surface area contributed by atoms with Gasteiger partial charge in [-0.05, 0) is 67.3 Å². The highest BCUT2D eigenvalue weighted by Gasteiger charge is 2.29. The van der Waals surface area contributed by atoms with E-state index in [0.717, 1.165) is 30.0 Å². The Hall–Kier alpha value is -4.60. The first-order chi connectivity index (χ1) is 19.3. The minimum Gasteiger partial charge on any atom is -0.495 e. The van der Waals surface area contributed by atoms with Crippen LogP contribution in [0.4, 0.5) is 20.6 Å². The number of carbonyl (C=O) groups is 3. The van der Waals surface area contributed by atoms with E-state index in [1.165, 1.54) is 26.4 Å². The number of urea groups is 1. The molecule has 0 aliphatic carbocycles. The Kier molecular flexibility index (Phi) is 9.21. The second-order valence-corrected chi connectivity index (χ2v) is 9.44. The largest absolute Gasteiger partial charge is 0.495 e. The van der Waals surface area contributed by atoms with Crippen molar-refractivity contribution in [2.45, 2.75) is 32.2 Å². The fourth-order valence-electron chi connectivity index (χ4n) is 4.60. The Morgan fingerprint density at radius 3 is 2.48 bits per heavy atom. The lowest BCUT2D eigenvalue weighted by Gasteiger charge is -2.25. The number of methoxy groups -OCH3 is 2. The average Bonchev–Trinajstić information content (AvgIpc) is 3.43. The monoisotopic (exact) mass is 549 g/mol. The van der Waals surface area contributed by atoms with E-state index in [4.69, 9.17) is 9.47 Å². The van der Waals surface area contributed by atoms with Crippen molar-refractivity contribution in [3.63, 3.8) is 0 Å². The summed E-state index contributed by atoms with van der Waals surface area (Å²) in [6, 6.07) is 15.9. The fraction of sp³-hybridized carbons (Fsp3) is 0.300. The standard InChI is InChI=1S/C30H32FN3O6/c1-19-7-4-5-9-24(19)32-30(37)33-25-12-10-20(15-27(25)38-2)16-28(35)34-14-6-8-22(34)18-40-26-13-11-21(17-23(26)31)29(36)39-3/h4-5,7,9-13,15,17,22H,6,8,14,16,18H2,1-3H3,(H2,32,33,37). The summed E-state index contributed by atoms with van der Waals surface area (Å²) in [5.41, 5.74) is 2.92. The number of nitrogens with one attached hydrogen (secondary N) is 2. The third kappa shape index (κ3) is 6.88. The zero-order valence-electron chi connectivity index (χ0n) is 22.7. The van der Waals surface area contributed by atoms with Crippen LogP contribution in [-0.2, 0) is 16.0 Å². The number of aryl methyl sites for hydroxylation is 1. The summed E-state index contributed by atoms with van der Waals surface area (Å²) in [6.07, 6.45) is 1.67. The molecule has 0 bridgehead atoms. The molecule has 0 aromatic heterocycles. The van der Waals surface area contributed by atoms with Crippen LogP contribution in [0.15, 0.2) is 60.7 Å². The number of likely N-dealkylation sites (tertiary alicyclic amines) is 1. The maximum atomic E-state index is 14.4. The number of rotatable bonds is 9. The number of anilines is 2. The Balaban J connectivity index is 1.35. The maximum Gasteiger partial charge on any atom is 0.337 e. The Bertz CT molecular complexity index is 1400. The molecule has 3 amide bonds. The summed E-state index contributed by atoms with van der Waals surface area (Å²) in [5, 5.41) is 5.60. The molecule has 1 unspecified atom stereocenters. The Morgan fingerprint density at radius 2 is 1.75 bits per heavy atom. The number of para-hydroxylation sites is 1. The van der Waals surface area contributed by atoms with E-state index < -0.39 is 17.8 Å². The van der Waals surface area contributed by atoms with E-state index in [-0.39, 0.29) is 36.3 Å². The SMILES string of the molecule is COC(=O)c1ccc(OCC2CCCN2C(=O)Cc2ccc(NC(=O)Nc3ccccc3C)c(OC)c2)c(F)c1. The molecule has 1 heterocycles. The van der Waals surface area contributed by atoms with E-state index in [9.17, 15) is 18.8 Å². The summed E-state index contributed by atoms with van der Waals surface area (Å²) in [5.74, 6) is -0.965. The van der Waals surface area contributed by atoms with Gasteiger partial charge in [0.25, 0.3) is 0 Å². The third-order valence-corrected chi connectivity index (χ3v) is 6.74. The predicted molar refractivity (Wildman–Crippen MR) is 148 cm³/mol. The van der Waals surface area contributed by atoms with Crippen molar-refractivity contribution >= 4 is 29.3 Å². The lowest BCUT2D eigenvalue weighted by atomic mass is 10.1. The summed E-state index contributed by atoms with van der Waals surface area (Å²) < 4.78 is 30.2. The van der Waals surface area contributed by atoms with Crippen LogP contribution in [0.3, 0.4) is 0 Å². The normalized spacial score (nSPS) is 14.4. The number of benzene rings is 3. The van der Waals surface area contributed by atoms with E-state index in [1.807, 2.05) is 31.2 Å². The molecule has 0 radical (unpaired) electrons. The topological polar surface area (TPSA) is 106 Å². The highest BCUT2D eigenvalue weighted by Crippen LogP contribution is 2.28. The zero-order valence-corrected chi connectivity index (χ0v) is 22.7. The second-order valence-electron chi connectivity index (χ2n) is 9.44. The van der Waals surface area contributed by atoms with Crippen molar-refractivity contribution in [2.75, 3.05) is 38.0 Å². The van der Waals surface area contributed by atoms with E-state index >= 15 is 0 Å². The van der Waals surface area contributed by atoms with Crippen LogP contribution in [0.2, 0.25) is 0 Å². The molecule has 1 aliphatic heterocycles. The molecule has 1 aliphatic rings. The lowest BCUT2D eigenvalue weighted by molar-refractivity contribution is -0.131. The molecule has 0 spiro atoms. The quantitative estimate of drug-likeness (QED) is 0.356. The number of nitrogens with zero attached hydrogens (tertiary/aromatic N) is 1. The van der Waals surface area contributed by atoms with Gasteiger partial charge in [-0.3, -0.25) is 4.79 Å². The highest BCUT2D eigenvalue weighted by atomic mass is 19.1. The van der Waals surface area contributed by atoms with Crippen LogP contribution in [0.25, 0.3) is 0 Å². The fourth-order valence-corrected chi connectivity index (χ4v) is 4.60. The molecular weight excluding hydrogens is 517 g/mol. The average molecular weight is 550 g/mol. The number of hydrogen-bond acceptors (Lipinski definition) is 6. The molecule has 1 saturated heterocycles. The van der Waals surface area contributed by atoms with Gasteiger partial charge in [-0.15, -0.1) is 0 Å². The number of ether oxygens (including phenoxy) is 3. The number of carbonyl (C=O) groups excluding carboxylic acids is 3. The molecule has 0 saturated carbocycles. The molecule has 40 heavy (non-hydrogen) atoms. The summed E-state index contributed by atoms with van der Waals surface area (Å²) in [4.78, 5) is 39.0. The summed E-state index contributed by atoms with van der Waals surface area (Å²) in [6.45, 7) is 2.61. The highest BCUT2D eigenvalue weighted by molar-refractivity contribution is 6.01. The Morgan fingerprint density at radius 1 is 0.975 bits per heavy atom. The molecule has 4 rings (SSSR count). The second kappa shape index (κ2) is 13.0. The van der Waals surface area contributed by atoms with Crippen molar-refractivity contribution in [2.24, 2.45) is 0 Å². The van der Waals surface area contributed by atoms with Crippen molar-refractivity contribution in [3.05, 3.63) is 83.2 Å². The van der Waals surface area contributed by atoms with Gasteiger partial charge in [0, 0.05) is 12.2 Å². The van der Waals surface area contributed by atoms with Crippen molar-refractivity contribution in [3.8, 4) is 11.5 Å². The third-order valence-electron chi connectivity index (χ3n) is 6.74. The zero-order chi connectivity index (χ0) is 28.6. The van der Waals surface area contributed by atoms with Gasteiger partial charge in [0.15, 0.2) is 11.6 Å². The van der Waals surface area contributed by atoms with Gasteiger partial charge < -0.3 is 29.7 Å². The van der Waals surface area contributed by atoms with Crippen molar-refractivity contribution in [1.29, 1.82) is 0 Å². The predicted octanol–water partition coefficient (Wildman–Crippen LogP) is 5.19. The van der Waals surface area contributed by atoms with Gasteiger partial charge in [0.1, 0.15) is 12.4 Å². The van der Waals surface area contributed by atoms with Gasteiger partial charge in [-0.1, -0.05) is 24.3 Å². The molecule has 10 heteroatoms. The number of esters is 1. The summed E-state index contributed by atoms with van der Waals surface area (Å²) >= 11 is 0. The molecule has 9 nitrogen and oxygen atoms in total. The van der Waals surface area contributed by atoms with Gasteiger partial charge >= 0.3 is 12.0 Å². The van der Waals surface area contributed by atoms with Crippen molar-refractivity contribution < 1.29 is 33.0 Å². The van der Waals surface area contributed by atoms with E-state index in [1.54, 1.807) is 23.1 Å². The first kappa shape index (κ1) is 28.4. The lowest BCUT2D eigenvalue weighted by Crippen LogP contribution is -2.40. The number of halogens is 1. The summed E-state index contributed by atoms with van der Waals surface area (Å²) in [7, 11) is 2.72. The minimum atomic E-state index is -0.674. The van der Waals surface area contributed by atoms with Crippen LogP contribution >= 0.6 is 0 Å². The van der Waals surface area contributed by atoms with Gasteiger partial charge in [0.05, 0.1) is 37.9 Å². The van der Waals surface area contributed by atoms with Crippen molar-refractivity contribution in [1.82, 2.24) is 4.90 Å². The van der Waals surface area contributed by atoms with Crippen LogP contribution in [0.5, 0.6) is 11.5 Å². The maximum absolute atomic E-state index is 14.4.